The third-order valence-corrected chi connectivity index (χ3v) is 0.840. The van der Waals surface area contributed by atoms with Crippen LogP contribution in [0.3, 0.4) is 0 Å². The summed E-state index contributed by atoms with van der Waals surface area (Å²) >= 11 is 0. The van der Waals surface area contributed by atoms with E-state index in [0.29, 0.717) is 12.2 Å². The van der Waals surface area contributed by atoms with Crippen molar-refractivity contribution in [1.82, 2.24) is 5.32 Å². The smallest absolute Gasteiger partial charge is 0.405 e. The van der Waals surface area contributed by atoms with Crippen molar-refractivity contribution < 1.29 is 27.9 Å². The molecule has 0 rings (SSSR count). The summed E-state index contributed by atoms with van der Waals surface area (Å²) < 4.78 is 34.4. The molecule has 0 aliphatic heterocycles. The average Bonchev–Trinajstić information content (AvgIpc) is 1.95. The summed E-state index contributed by atoms with van der Waals surface area (Å²) in [5.74, 6) is -2.50. The highest BCUT2D eigenvalue weighted by Gasteiger charge is 2.27. The Bertz CT molecular complexity index is 234. The average molecular weight is 197 g/mol. The van der Waals surface area contributed by atoms with Gasteiger partial charge in [0.25, 0.3) is 0 Å². The van der Waals surface area contributed by atoms with Crippen LogP contribution in [0.25, 0.3) is 0 Å². The molecule has 0 atom stereocenters. The SMILES string of the molecule is O=C(O)C=CC(=O)NCC(F)(F)F. The molecule has 0 aliphatic rings. The summed E-state index contributed by atoms with van der Waals surface area (Å²) in [7, 11) is 0. The minimum Gasteiger partial charge on any atom is -0.478 e. The molecule has 13 heavy (non-hydrogen) atoms. The highest BCUT2D eigenvalue weighted by atomic mass is 19.4. The van der Waals surface area contributed by atoms with E-state index in [-0.39, 0.29) is 0 Å². The Morgan fingerprint density at radius 1 is 1.31 bits per heavy atom. The maximum absolute atomic E-state index is 11.5. The number of aliphatic carboxylic acids is 1. The molecule has 0 fully saturated rings. The van der Waals surface area contributed by atoms with E-state index in [2.05, 4.69) is 0 Å². The number of hydrogen-bond acceptors (Lipinski definition) is 2. The molecule has 2 N–H and O–H groups in total. The van der Waals surface area contributed by atoms with Crippen LogP contribution in [0.2, 0.25) is 0 Å². The zero-order valence-corrected chi connectivity index (χ0v) is 6.26. The third-order valence-electron chi connectivity index (χ3n) is 0.840. The Kier molecular flexibility index (Phi) is 3.96. The maximum Gasteiger partial charge on any atom is 0.405 e. The fourth-order valence-corrected chi connectivity index (χ4v) is 0.393. The summed E-state index contributed by atoms with van der Waals surface area (Å²) in [6.07, 6.45) is -3.54. The fraction of sp³-hybridized carbons (Fsp3) is 0.333. The zero-order chi connectivity index (χ0) is 10.5. The van der Waals surface area contributed by atoms with Gasteiger partial charge >= 0.3 is 12.1 Å². The van der Waals surface area contributed by atoms with Crippen molar-refractivity contribution in [1.29, 1.82) is 0 Å². The molecule has 0 bridgehead atoms. The first-order chi connectivity index (χ1) is 5.81. The van der Waals surface area contributed by atoms with Gasteiger partial charge in [-0.15, -0.1) is 0 Å². The predicted molar refractivity (Wildman–Crippen MR) is 35.8 cm³/mol. The van der Waals surface area contributed by atoms with Crippen LogP contribution in [0.1, 0.15) is 0 Å². The van der Waals surface area contributed by atoms with Crippen molar-refractivity contribution in [2.45, 2.75) is 6.18 Å². The van der Waals surface area contributed by atoms with Crippen LogP contribution >= 0.6 is 0 Å². The van der Waals surface area contributed by atoms with E-state index in [0.717, 1.165) is 0 Å². The molecule has 1 amide bonds. The lowest BCUT2D eigenvalue weighted by Gasteiger charge is -2.05. The molecular weight excluding hydrogens is 191 g/mol. The van der Waals surface area contributed by atoms with Crippen LogP contribution in [0.15, 0.2) is 12.2 Å². The second-order valence-electron chi connectivity index (χ2n) is 2.00. The van der Waals surface area contributed by atoms with Gasteiger partial charge in [0.1, 0.15) is 6.54 Å². The number of carboxylic acids is 1. The molecule has 0 aromatic heterocycles. The van der Waals surface area contributed by atoms with Gasteiger partial charge in [-0.3, -0.25) is 4.79 Å². The van der Waals surface area contributed by atoms with Crippen LogP contribution in [0.5, 0.6) is 0 Å². The molecule has 0 radical (unpaired) electrons. The number of carbonyl (C=O) groups is 2. The predicted octanol–water partition coefficient (Wildman–Crippen LogP) is 0.306. The van der Waals surface area contributed by atoms with Gasteiger partial charge in [-0.25, -0.2) is 4.79 Å². The van der Waals surface area contributed by atoms with Crippen molar-refractivity contribution in [2.75, 3.05) is 6.54 Å². The number of carboxylic acid groups (broad SMARTS) is 1. The maximum atomic E-state index is 11.5. The first kappa shape index (κ1) is 11.5. The molecule has 0 heterocycles. The highest BCUT2D eigenvalue weighted by molar-refractivity contribution is 5.93. The largest absolute Gasteiger partial charge is 0.478 e. The first-order valence-electron chi connectivity index (χ1n) is 3.07. The van der Waals surface area contributed by atoms with Crippen molar-refractivity contribution in [3.8, 4) is 0 Å². The van der Waals surface area contributed by atoms with Gasteiger partial charge in [-0.05, 0) is 0 Å². The van der Waals surface area contributed by atoms with Crippen molar-refractivity contribution in [3.05, 3.63) is 12.2 Å². The topological polar surface area (TPSA) is 66.4 Å². The number of alkyl halides is 3. The van der Waals surface area contributed by atoms with E-state index in [9.17, 15) is 22.8 Å². The van der Waals surface area contributed by atoms with Crippen molar-refractivity contribution in [2.24, 2.45) is 0 Å². The summed E-state index contributed by atoms with van der Waals surface area (Å²) in [4.78, 5) is 20.2. The van der Waals surface area contributed by atoms with Gasteiger partial charge in [-0.2, -0.15) is 13.2 Å². The van der Waals surface area contributed by atoms with Crippen molar-refractivity contribution in [3.63, 3.8) is 0 Å². The number of amides is 1. The second-order valence-corrected chi connectivity index (χ2v) is 2.00. The molecule has 0 saturated heterocycles. The van der Waals surface area contributed by atoms with Gasteiger partial charge in [-0.1, -0.05) is 0 Å². The molecule has 0 aliphatic carbocycles. The summed E-state index contributed by atoms with van der Waals surface area (Å²) in [6.45, 7) is -1.48. The number of halogens is 3. The summed E-state index contributed by atoms with van der Waals surface area (Å²) in [5.41, 5.74) is 0. The first-order valence-corrected chi connectivity index (χ1v) is 3.07. The quantitative estimate of drug-likeness (QED) is 0.639. The van der Waals surface area contributed by atoms with Crippen LogP contribution in [0.4, 0.5) is 13.2 Å². The Balaban J connectivity index is 3.83. The Morgan fingerprint density at radius 3 is 2.23 bits per heavy atom. The lowest BCUT2D eigenvalue weighted by molar-refractivity contribution is -0.136. The summed E-state index contributed by atoms with van der Waals surface area (Å²) in [6, 6.07) is 0. The zero-order valence-electron chi connectivity index (χ0n) is 6.26. The molecule has 0 aromatic carbocycles. The molecule has 74 valence electrons. The minimum absolute atomic E-state index is 0.450. The lowest BCUT2D eigenvalue weighted by atomic mass is 10.4. The number of nitrogens with one attached hydrogen (secondary N) is 1. The fourth-order valence-electron chi connectivity index (χ4n) is 0.393. The van der Waals surface area contributed by atoms with Gasteiger partial charge in [0.15, 0.2) is 0 Å². The van der Waals surface area contributed by atoms with Gasteiger partial charge in [0, 0.05) is 12.2 Å². The van der Waals surface area contributed by atoms with Gasteiger partial charge in [0.05, 0.1) is 0 Å². The van der Waals surface area contributed by atoms with E-state index in [1.165, 1.54) is 5.32 Å². The van der Waals surface area contributed by atoms with E-state index < -0.39 is 24.6 Å². The van der Waals surface area contributed by atoms with E-state index in [4.69, 9.17) is 5.11 Å². The normalized spacial score (nSPS) is 11.6. The molecule has 0 aromatic rings. The van der Waals surface area contributed by atoms with Crippen LogP contribution in [-0.4, -0.2) is 29.7 Å². The lowest BCUT2D eigenvalue weighted by Crippen LogP contribution is -2.32. The molecule has 0 saturated carbocycles. The van der Waals surface area contributed by atoms with Crippen LogP contribution in [0, 0.1) is 0 Å². The monoisotopic (exact) mass is 197 g/mol. The molecule has 0 spiro atoms. The van der Waals surface area contributed by atoms with Crippen LogP contribution < -0.4 is 5.32 Å². The number of carbonyl (C=O) groups excluding carboxylic acids is 1. The van der Waals surface area contributed by atoms with E-state index in [1.54, 1.807) is 0 Å². The Morgan fingerprint density at radius 2 is 1.85 bits per heavy atom. The highest BCUT2D eigenvalue weighted by Crippen LogP contribution is 2.11. The molecule has 4 nitrogen and oxygen atoms in total. The summed E-state index contributed by atoms with van der Waals surface area (Å²) in [5, 5.41) is 9.47. The molecule has 7 heteroatoms. The molecule has 0 unspecified atom stereocenters. The Labute approximate surface area is 71.0 Å². The third kappa shape index (κ3) is 8.38. The van der Waals surface area contributed by atoms with Gasteiger partial charge in [0.2, 0.25) is 5.91 Å². The number of rotatable bonds is 3. The van der Waals surface area contributed by atoms with E-state index >= 15 is 0 Å². The van der Waals surface area contributed by atoms with Gasteiger partial charge < -0.3 is 10.4 Å². The Hall–Kier alpha value is -1.53. The van der Waals surface area contributed by atoms with E-state index in [1.807, 2.05) is 0 Å². The van der Waals surface area contributed by atoms with Crippen LogP contribution in [-0.2, 0) is 9.59 Å². The minimum atomic E-state index is -4.49. The number of hydrogen-bond donors (Lipinski definition) is 2. The van der Waals surface area contributed by atoms with Crippen molar-refractivity contribution >= 4 is 11.9 Å². The molecular formula is C6H6F3NO3. The standard InChI is InChI=1S/C6H6F3NO3/c7-6(8,9)3-10-4(11)1-2-5(12)13/h1-2H,3H2,(H,10,11)(H,12,13). The second kappa shape index (κ2) is 4.48.